The molecule has 0 bridgehead atoms. The summed E-state index contributed by atoms with van der Waals surface area (Å²) in [5, 5.41) is 0. The van der Waals surface area contributed by atoms with Crippen LogP contribution in [0.5, 0.6) is 11.5 Å². The number of halogens is 4. The van der Waals surface area contributed by atoms with Crippen molar-refractivity contribution in [2.24, 2.45) is 0 Å². The predicted molar refractivity (Wildman–Crippen MR) is 59.4 cm³/mol. The average molecular weight is 268 g/mol. The van der Waals surface area contributed by atoms with Crippen molar-refractivity contribution in [2.45, 2.75) is 0 Å². The molecule has 0 radical (unpaired) electrons. The van der Waals surface area contributed by atoms with Gasteiger partial charge in [-0.3, -0.25) is 0 Å². The van der Waals surface area contributed by atoms with Crippen molar-refractivity contribution in [3.8, 4) is 11.5 Å². The number of rotatable bonds is 1. The lowest BCUT2D eigenvalue weighted by atomic mass is 9.78. The summed E-state index contributed by atoms with van der Waals surface area (Å²) in [6, 6.07) is 4.86. The Kier molecular flexibility index (Phi) is 2.62. The molecule has 0 spiro atoms. The van der Waals surface area contributed by atoms with Crippen LogP contribution in [0.1, 0.15) is 0 Å². The van der Waals surface area contributed by atoms with Gasteiger partial charge in [0.05, 0.1) is 5.46 Å². The molecule has 0 aromatic heterocycles. The van der Waals surface area contributed by atoms with Crippen LogP contribution >= 0.6 is 0 Å². The van der Waals surface area contributed by atoms with E-state index in [0.29, 0.717) is 0 Å². The lowest BCUT2D eigenvalue weighted by Gasteiger charge is -2.06. The smallest absolute Gasteiger partial charge is 0.517 e. The molecule has 96 valence electrons. The molecule has 3 rings (SSSR count). The Bertz CT molecular complexity index is 611. The summed E-state index contributed by atoms with van der Waals surface area (Å²) >= 11 is 0. The molecule has 19 heavy (non-hydrogen) atoms. The Balaban J connectivity index is 2.05. The van der Waals surface area contributed by atoms with Gasteiger partial charge in [0.15, 0.2) is 23.1 Å². The normalized spacial score (nSPS) is 12.9. The van der Waals surface area contributed by atoms with E-state index in [1.165, 1.54) is 0 Å². The second-order valence-corrected chi connectivity index (χ2v) is 3.89. The molecule has 2 nitrogen and oxygen atoms in total. The number of hydrogen-bond donors (Lipinski definition) is 0. The van der Waals surface area contributed by atoms with Crippen LogP contribution in [0.4, 0.5) is 17.6 Å². The molecule has 0 atom stereocenters. The summed E-state index contributed by atoms with van der Waals surface area (Å²) < 4.78 is 63.8. The fraction of sp³-hybridized carbons (Fsp3) is 0. The maximum atomic E-state index is 13.5. The lowest BCUT2D eigenvalue weighted by molar-refractivity contribution is 0.482. The van der Waals surface area contributed by atoms with Gasteiger partial charge < -0.3 is 9.31 Å². The molecule has 7 heteroatoms. The van der Waals surface area contributed by atoms with Crippen LogP contribution in [0, 0.1) is 23.3 Å². The first-order valence-corrected chi connectivity index (χ1v) is 5.33. The first kappa shape index (κ1) is 11.9. The minimum absolute atomic E-state index is 0.493. The molecule has 1 heterocycles. The Morgan fingerprint density at radius 2 is 1.16 bits per heavy atom. The molecule has 0 unspecified atom stereocenters. The predicted octanol–water partition coefficient (Wildman–Crippen LogP) is 2.41. The quantitative estimate of drug-likeness (QED) is 0.584. The molecule has 0 saturated carbocycles. The Morgan fingerprint density at radius 1 is 0.684 bits per heavy atom. The highest BCUT2D eigenvalue weighted by Gasteiger charge is 2.41. The second kappa shape index (κ2) is 4.19. The first-order valence-electron chi connectivity index (χ1n) is 5.33. The standard InChI is InChI=1S/C12H5BF4O2/c14-6-2-1-3-7(15)10(6)13-18-11-8(16)4-5-9(17)12(11)19-13/h1-5H. The van der Waals surface area contributed by atoms with Crippen LogP contribution in [0.2, 0.25) is 0 Å². The van der Waals surface area contributed by atoms with Crippen molar-refractivity contribution in [3.05, 3.63) is 53.6 Å². The highest BCUT2D eigenvalue weighted by Crippen LogP contribution is 2.38. The fourth-order valence-electron chi connectivity index (χ4n) is 1.83. The first-order chi connectivity index (χ1) is 9.08. The lowest BCUT2D eigenvalue weighted by Crippen LogP contribution is -2.43. The molecular weight excluding hydrogens is 263 g/mol. The summed E-state index contributed by atoms with van der Waals surface area (Å²) in [7, 11) is -1.55. The van der Waals surface area contributed by atoms with Gasteiger partial charge in [-0.2, -0.15) is 0 Å². The van der Waals surface area contributed by atoms with Gasteiger partial charge in [0.2, 0.25) is 0 Å². The molecule has 1 aliphatic heterocycles. The van der Waals surface area contributed by atoms with Crippen LogP contribution in [0.15, 0.2) is 30.3 Å². The molecule has 1 aliphatic rings. The SMILES string of the molecule is Fc1ccc(F)c2c1OB(c1c(F)cccc1F)O2. The molecule has 0 amide bonds. The van der Waals surface area contributed by atoms with Gasteiger partial charge in [0, 0.05) is 0 Å². The Labute approximate surface area is 105 Å². The zero-order valence-electron chi connectivity index (χ0n) is 9.29. The van der Waals surface area contributed by atoms with Crippen molar-refractivity contribution in [3.63, 3.8) is 0 Å². The zero-order chi connectivity index (χ0) is 13.6. The molecule has 0 fully saturated rings. The van der Waals surface area contributed by atoms with E-state index in [1.807, 2.05) is 0 Å². The van der Waals surface area contributed by atoms with Crippen molar-refractivity contribution in [1.29, 1.82) is 0 Å². The average Bonchev–Trinajstić information content (AvgIpc) is 2.80. The van der Waals surface area contributed by atoms with Gasteiger partial charge in [0.25, 0.3) is 0 Å². The molecule has 0 aliphatic carbocycles. The Morgan fingerprint density at radius 3 is 1.63 bits per heavy atom. The van der Waals surface area contributed by atoms with Crippen molar-refractivity contribution >= 4 is 12.6 Å². The Hall–Kier alpha value is -2.18. The van der Waals surface area contributed by atoms with E-state index in [2.05, 4.69) is 0 Å². The van der Waals surface area contributed by atoms with Gasteiger partial charge >= 0.3 is 7.12 Å². The maximum absolute atomic E-state index is 13.5. The van der Waals surface area contributed by atoms with Crippen LogP contribution in [0.25, 0.3) is 0 Å². The monoisotopic (exact) mass is 268 g/mol. The number of fused-ring (bicyclic) bond motifs is 1. The van der Waals surface area contributed by atoms with Crippen molar-refractivity contribution in [1.82, 2.24) is 0 Å². The highest BCUT2D eigenvalue weighted by atomic mass is 19.1. The molecule has 0 N–H and O–H groups in total. The van der Waals surface area contributed by atoms with E-state index < -0.39 is 47.3 Å². The highest BCUT2D eigenvalue weighted by molar-refractivity contribution is 6.63. The van der Waals surface area contributed by atoms with Crippen LogP contribution in [-0.4, -0.2) is 7.12 Å². The van der Waals surface area contributed by atoms with E-state index in [1.54, 1.807) is 0 Å². The van der Waals surface area contributed by atoms with Crippen LogP contribution in [0.3, 0.4) is 0 Å². The van der Waals surface area contributed by atoms with E-state index in [9.17, 15) is 17.6 Å². The number of benzene rings is 2. The van der Waals surface area contributed by atoms with Gasteiger partial charge in [0.1, 0.15) is 11.6 Å². The topological polar surface area (TPSA) is 18.5 Å². The molecule has 0 saturated heterocycles. The van der Waals surface area contributed by atoms with Crippen LogP contribution in [-0.2, 0) is 0 Å². The van der Waals surface area contributed by atoms with Gasteiger partial charge in [-0.15, -0.1) is 0 Å². The summed E-state index contributed by atoms with van der Waals surface area (Å²) in [4.78, 5) is 0. The summed E-state index contributed by atoms with van der Waals surface area (Å²) in [5.41, 5.74) is -0.530. The van der Waals surface area contributed by atoms with Gasteiger partial charge in [-0.05, 0) is 24.3 Å². The van der Waals surface area contributed by atoms with E-state index in [4.69, 9.17) is 9.31 Å². The largest absolute Gasteiger partial charge is 0.639 e. The summed E-state index contributed by atoms with van der Waals surface area (Å²) in [5.74, 6) is -4.55. The van der Waals surface area contributed by atoms with E-state index >= 15 is 0 Å². The summed E-state index contributed by atoms with van der Waals surface area (Å²) in [6.07, 6.45) is 0. The van der Waals surface area contributed by atoms with E-state index in [0.717, 1.165) is 30.3 Å². The minimum atomic E-state index is -1.55. The van der Waals surface area contributed by atoms with Crippen LogP contribution < -0.4 is 14.8 Å². The zero-order valence-corrected chi connectivity index (χ0v) is 9.29. The minimum Gasteiger partial charge on any atom is -0.517 e. The van der Waals surface area contributed by atoms with Crippen molar-refractivity contribution < 1.29 is 26.9 Å². The van der Waals surface area contributed by atoms with Gasteiger partial charge in [-0.25, -0.2) is 17.6 Å². The summed E-state index contributed by atoms with van der Waals surface area (Å²) in [6.45, 7) is 0. The molecular formula is C12H5BF4O2. The molecule has 2 aromatic rings. The molecule has 2 aromatic carbocycles. The third-order valence-corrected chi connectivity index (χ3v) is 2.70. The third-order valence-electron chi connectivity index (χ3n) is 2.70. The van der Waals surface area contributed by atoms with Crippen molar-refractivity contribution in [2.75, 3.05) is 0 Å². The third kappa shape index (κ3) is 1.81. The van der Waals surface area contributed by atoms with E-state index in [-0.39, 0.29) is 0 Å². The fourth-order valence-corrected chi connectivity index (χ4v) is 1.83. The maximum Gasteiger partial charge on any atom is 0.639 e. The number of hydrogen-bond acceptors (Lipinski definition) is 2. The van der Waals surface area contributed by atoms with Gasteiger partial charge in [-0.1, -0.05) is 6.07 Å². The second-order valence-electron chi connectivity index (χ2n) is 3.89.